The molecule has 2 aromatic rings. The van der Waals surface area contributed by atoms with Gasteiger partial charge < -0.3 is 9.64 Å². The van der Waals surface area contributed by atoms with Crippen molar-refractivity contribution in [2.24, 2.45) is 0 Å². The van der Waals surface area contributed by atoms with E-state index in [-0.39, 0.29) is 23.3 Å². The number of carbonyl (C=O) groups is 1. The number of amides is 1. The average Bonchev–Trinajstić information content (AvgIpc) is 3.06. The van der Waals surface area contributed by atoms with E-state index in [2.05, 4.69) is 4.72 Å². The van der Waals surface area contributed by atoms with E-state index >= 15 is 0 Å². The van der Waals surface area contributed by atoms with Gasteiger partial charge in [0.2, 0.25) is 10.0 Å². The first-order valence-electron chi connectivity index (χ1n) is 10.4. The zero-order chi connectivity index (χ0) is 21.6. The molecule has 0 saturated carbocycles. The van der Waals surface area contributed by atoms with Crippen LogP contribution in [0.3, 0.4) is 0 Å². The number of likely N-dealkylation sites (tertiary alicyclic amines) is 1. The molecule has 0 spiro atoms. The summed E-state index contributed by atoms with van der Waals surface area (Å²) in [6, 6.07) is 14.2. The summed E-state index contributed by atoms with van der Waals surface area (Å²) in [5.74, 6) is 0.238. The van der Waals surface area contributed by atoms with Crippen molar-refractivity contribution in [2.75, 3.05) is 26.7 Å². The lowest BCUT2D eigenvalue weighted by molar-refractivity contribution is 0.0758. The average molecular weight is 431 g/mol. The van der Waals surface area contributed by atoms with Gasteiger partial charge in [-0.2, -0.15) is 0 Å². The largest absolute Gasteiger partial charge is 0.496 e. The molecule has 0 aromatic heterocycles. The minimum absolute atomic E-state index is 0.0254. The second-order valence-corrected chi connectivity index (χ2v) is 9.50. The minimum atomic E-state index is -3.76. The number of rotatable bonds is 7. The second kappa shape index (κ2) is 10.1. The molecule has 3 rings (SSSR count). The number of hydrogen-bond acceptors (Lipinski definition) is 4. The van der Waals surface area contributed by atoms with E-state index in [0.29, 0.717) is 24.4 Å². The van der Waals surface area contributed by atoms with Crippen LogP contribution in [-0.4, -0.2) is 46.0 Å². The fraction of sp³-hybridized carbons (Fsp3) is 0.435. The molecule has 7 heteroatoms. The third-order valence-electron chi connectivity index (χ3n) is 5.55. The van der Waals surface area contributed by atoms with Crippen molar-refractivity contribution >= 4 is 15.9 Å². The molecule has 6 nitrogen and oxygen atoms in total. The highest BCUT2D eigenvalue weighted by molar-refractivity contribution is 7.89. The molecular formula is C23H30N2O4S. The van der Waals surface area contributed by atoms with Crippen LogP contribution < -0.4 is 9.46 Å². The van der Waals surface area contributed by atoms with Gasteiger partial charge in [-0.25, -0.2) is 13.1 Å². The molecule has 1 fully saturated rings. The predicted octanol–water partition coefficient (Wildman–Crippen LogP) is 3.79. The molecular weight excluding hydrogens is 400 g/mol. The Morgan fingerprint density at radius 1 is 1.07 bits per heavy atom. The van der Waals surface area contributed by atoms with Crippen LogP contribution in [-0.2, 0) is 10.0 Å². The first kappa shape index (κ1) is 22.3. The minimum Gasteiger partial charge on any atom is -0.496 e. The number of carbonyl (C=O) groups excluding carboxylic acids is 1. The summed E-state index contributed by atoms with van der Waals surface area (Å²) in [6.45, 7) is 3.62. The standard InChI is InChI=1S/C23H30N2O4S/c1-18(19-10-6-5-7-11-19)17-24-30(27,28)20-12-13-22(29-2)21(16-20)23(26)25-14-8-3-4-9-15-25/h5-7,10-13,16,18,24H,3-4,8-9,14-15,17H2,1-2H3/t18-/m0/s1. The van der Waals surface area contributed by atoms with E-state index < -0.39 is 10.0 Å². The Labute approximate surface area is 179 Å². The summed E-state index contributed by atoms with van der Waals surface area (Å²) in [4.78, 5) is 15.0. The smallest absolute Gasteiger partial charge is 0.257 e. The number of hydrogen-bond donors (Lipinski definition) is 1. The first-order chi connectivity index (χ1) is 14.4. The molecule has 1 amide bonds. The summed E-state index contributed by atoms with van der Waals surface area (Å²) in [6.07, 6.45) is 4.15. The first-order valence-corrected chi connectivity index (χ1v) is 11.9. The summed E-state index contributed by atoms with van der Waals surface area (Å²) >= 11 is 0. The lowest BCUT2D eigenvalue weighted by Gasteiger charge is -2.22. The van der Waals surface area contributed by atoms with Gasteiger partial charge in [-0.05, 0) is 42.5 Å². The zero-order valence-electron chi connectivity index (χ0n) is 17.6. The molecule has 1 N–H and O–H groups in total. The van der Waals surface area contributed by atoms with Crippen molar-refractivity contribution in [3.8, 4) is 5.75 Å². The maximum atomic E-state index is 13.1. The SMILES string of the molecule is COc1ccc(S(=O)(=O)NC[C@H](C)c2ccccc2)cc1C(=O)N1CCCCCC1. The summed E-state index contributed by atoms with van der Waals surface area (Å²) in [5, 5.41) is 0. The maximum absolute atomic E-state index is 13.1. The number of methoxy groups -OCH3 is 1. The second-order valence-electron chi connectivity index (χ2n) is 7.73. The molecule has 0 unspecified atom stereocenters. The predicted molar refractivity (Wildman–Crippen MR) is 117 cm³/mol. The Hall–Kier alpha value is -2.38. The Morgan fingerprint density at radius 2 is 1.73 bits per heavy atom. The fourth-order valence-corrected chi connectivity index (χ4v) is 4.84. The lowest BCUT2D eigenvalue weighted by Crippen LogP contribution is -2.32. The van der Waals surface area contributed by atoms with E-state index in [1.54, 1.807) is 11.0 Å². The van der Waals surface area contributed by atoms with Crippen LogP contribution in [0.2, 0.25) is 0 Å². The van der Waals surface area contributed by atoms with E-state index in [9.17, 15) is 13.2 Å². The van der Waals surface area contributed by atoms with Gasteiger partial charge in [-0.15, -0.1) is 0 Å². The quantitative estimate of drug-likeness (QED) is 0.725. The molecule has 0 radical (unpaired) electrons. The molecule has 2 aromatic carbocycles. The van der Waals surface area contributed by atoms with E-state index in [1.165, 1.54) is 19.2 Å². The van der Waals surface area contributed by atoms with Crippen LogP contribution in [0.1, 0.15) is 54.4 Å². The molecule has 1 saturated heterocycles. The van der Waals surface area contributed by atoms with Gasteiger partial charge in [-0.1, -0.05) is 50.1 Å². The van der Waals surface area contributed by atoms with Gasteiger partial charge >= 0.3 is 0 Å². The number of nitrogens with one attached hydrogen (secondary N) is 1. The van der Waals surface area contributed by atoms with Gasteiger partial charge in [0.15, 0.2) is 0 Å². The Morgan fingerprint density at radius 3 is 2.37 bits per heavy atom. The molecule has 1 aliphatic rings. The van der Waals surface area contributed by atoms with Gasteiger partial charge in [0.05, 0.1) is 17.6 Å². The molecule has 1 atom stereocenters. The lowest BCUT2D eigenvalue weighted by atomic mass is 10.0. The van der Waals surface area contributed by atoms with Crippen LogP contribution >= 0.6 is 0 Å². The number of benzene rings is 2. The van der Waals surface area contributed by atoms with Gasteiger partial charge in [0.1, 0.15) is 5.75 Å². The van der Waals surface area contributed by atoms with E-state index in [1.807, 2.05) is 37.3 Å². The van der Waals surface area contributed by atoms with Crippen molar-refractivity contribution in [1.82, 2.24) is 9.62 Å². The molecule has 0 aliphatic carbocycles. The number of ether oxygens (including phenoxy) is 1. The van der Waals surface area contributed by atoms with Crippen molar-refractivity contribution in [1.29, 1.82) is 0 Å². The van der Waals surface area contributed by atoms with E-state index in [0.717, 1.165) is 31.2 Å². The van der Waals surface area contributed by atoms with Crippen molar-refractivity contribution < 1.29 is 17.9 Å². The van der Waals surface area contributed by atoms with Crippen LogP contribution in [0.4, 0.5) is 0 Å². The van der Waals surface area contributed by atoms with Crippen LogP contribution in [0.25, 0.3) is 0 Å². The highest BCUT2D eigenvalue weighted by atomic mass is 32.2. The monoisotopic (exact) mass is 430 g/mol. The molecule has 1 heterocycles. The van der Waals surface area contributed by atoms with Crippen LogP contribution in [0.5, 0.6) is 5.75 Å². The van der Waals surface area contributed by atoms with Gasteiger partial charge in [-0.3, -0.25) is 4.79 Å². The maximum Gasteiger partial charge on any atom is 0.257 e. The third-order valence-corrected chi connectivity index (χ3v) is 6.97. The molecule has 1 aliphatic heterocycles. The third kappa shape index (κ3) is 5.40. The zero-order valence-corrected chi connectivity index (χ0v) is 18.5. The highest BCUT2D eigenvalue weighted by Gasteiger charge is 2.24. The summed E-state index contributed by atoms with van der Waals surface area (Å²) < 4.78 is 33.8. The van der Waals surface area contributed by atoms with Crippen molar-refractivity contribution in [3.63, 3.8) is 0 Å². The molecule has 30 heavy (non-hydrogen) atoms. The van der Waals surface area contributed by atoms with E-state index in [4.69, 9.17) is 4.74 Å². The summed E-state index contributed by atoms with van der Waals surface area (Å²) in [7, 11) is -2.27. The topological polar surface area (TPSA) is 75.7 Å². The van der Waals surface area contributed by atoms with Crippen LogP contribution in [0, 0.1) is 0 Å². The van der Waals surface area contributed by atoms with Crippen molar-refractivity contribution in [3.05, 3.63) is 59.7 Å². The Balaban J connectivity index is 1.79. The number of nitrogens with zero attached hydrogens (tertiary/aromatic N) is 1. The fourth-order valence-electron chi connectivity index (χ4n) is 3.68. The Kier molecular flexibility index (Phi) is 7.50. The van der Waals surface area contributed by atoms with Crippen molar-refractivity contribution in [2.45, 2.75) is 43.4 Å². The normalized spacial score (nSPS) is 16.0. The Bertz CT molecular complexity index is 952. The van der Waals surface area contributed by atoms with Gasteiger partial charge in [0, 0.05) is 19.6 Å². The highest BCUT2D eigenvalue weighted by Crippen LogP contribution is 2.25. The van der Waals surface area contributed by atoms with Gasteiger partial charge in [0.25, 0.3) is 5.91 Å². The van der Waals surface area contributed by atoms with Crippen LogP contribution in [0.15, 0.2) is 53.4 Å². The molecule has 0 bridgehead atoms. The summed E-state index contributed by atoms with van der Waals surface area (Å²) in [5.41, 5.74) is 1.35. The molecule has 162 valence electrons. The number of sulfonamides is 1.